The Hall–Kier alpha value is -2.62. The van der Waals surface area contributed by atoms with Crippen molar-refractivity contribution in [3.63, 3.8) is 0 Å². The van der Waals surface area contributed by atoms with Crippen molar-refractivity contribution in [2.45, 2.75) is 19.9 Å². The topological polar surface area (TPSA) is 71.7 Å². The Morgan fingerprint density at radius 1 is 1.21 bits per heavy atom. The number of halogens is 2. The molecule has 0 bridgehead atoms. The summed E-state index contributed by atoms with van der Waals surface area (Å²) in [6, 6.07) is 12.1. The molecule has 154 valence electrons. The van der Waals surface area contributed by atoms with Crippen molar-refractivity contribution < 1.29 is 13.5 Å². The van der Waals surface area contributed by atoms with Gasteiger partial charge in [0.25, 0.3) is 0 Å². The first-order valence-electron chi connectivity index (χ1n) is 9.15. The SMILES string of the molecule is CCNC(=NCc1ccc(Oc2cccnc2)c(F)c1)NCCc1ccco1.I. The van der Waals surface area contributed by atoms with Crippen molar-refractivity contribution in [2.75, 3.05) is 13.1 Å². The van der Waals surface area contributed by atoms with Crippen molar-refractivity contribution in [2.24, 2.45) is 4.99 Å². The van der Waals surface area contributed by atoms with Crippen LogP contribution in [0.25, 0.3) is 0 Å². The van der Waals surface area contributed by atoms with Crippen LogP contribution in [-0.2, 0) is 13.0 Å². The van der Waals surface area contributed by atoms with E-state index in [0.29, 0.717) is 24.8 Å². The maximum atomic E-state index is 14.3. The maximum absolute atomic E-state index is 14.3. The molecule has 3 rings (SSSR count). The highest BCUT2D eigenvalue weighted by Gasteiger charge is 2.07. The molecule has 0 saturated carbocycles. The third kappa shape index (κ3) is 7.37. The zero-order valence-electron chi connectivity index (χ0n) is 16.1. The Bertz CT molecular complexity index is 889. The van der Waals surface area contributed by atoms with Gasteiger partial charge in [-0.3, -0.25) is 4.98 Å². The largest absolute Gasteiger partial charge is 0.469 e. The summed E-state index contributed by atoms with van der Waals surface area (Å²) in [7, 11) is 0. The first kappa shape index (κ1) is 22.7. The van der Waals surface area contributed by atoms with Crippen LogP contribution in [0.4, 0.5) is 4.39 Å². The summed E-state index contributed by atoms with van der Waals surface area (Å²) in [5, 5.41) is 6.42. The van der Waals surface area contributed by atoms with E-state index < -0.39 is 5.82 Å². The van der Waals surface area contributed by atoms with Crippen LogP contribution in [0.5, 0.6) is 11.5 Å². The van der Waals surface area contributed by atoms with Crippen molar-refractivity contribution >= 4 is 29.9 Å². The van der Waals surface area contributed by atoms with E-state index in [2.05, 4.69) is 20.6 Å². The second-order valence-electron chi connectivity index (χ2n) is 6.01. The van der Waals surface area contributed by atoms with Crippen LogP contribution >= 0.6 is 24.0 Å². The molecule has 0 fully saturated rings. The van der Waals surface area contributed by atoms with Gasteiger partial charge in [0.2, 0.25) is 0 Å². The molecule has 1 aromatic carbocycles. The highest BCUT2D eigenvalue weighted by atomic mass is 127. The first-order valence-corrected chi connectivity index (χ1v) is 9.15. The third-order valence-corrected chi connectivity index (χ3v) is 3.87. The second-order valence-corrected chi connectivity index (χ2v) is 6.01. The van der Waals surface area contributed by atoms with Gasteiger partial charge in [-0.25, -0.2) is 9.38 Å². The molecular weight excluding hydrogens is 486 g/mol. The zero-order valence-corrected chi connectivity index (χ0v) is 18.4. The summed E-state index contributed by atoms with van der Waals surface area (Å²) in [4.78, 5) is 8.45. The molecule has 0 spiro atoms. The number of rotatable bonds is 8. The lowest BCUT2D eigenvalue weighted by molar-refractivity contribution is 0.440. The fourth-order valence-corrected chi connectivity index (χ4v) is 2.53. The molecule has 0 atom stereocenters. The molecule has 2 heterocycles. The molecule has 2 N–H and O–H groups in total. The molecular formula is C21H24FIN4O2. The van der Waals surface area contributed by atoms with Crippen LogP contribution in [0.3, 0.4) is 0 Å². The quantitative estimate of drug-likeness (QED) is 0.265. The van der Waals surface area contributed by atoms with Crippen LogP contribution < -0.4 is 15.4 Å². The standard InChI is InChI=1S/C21H23FN4O2.HI/c1-2-24-21(25-11-9-17-6-4-12-27-17)26-14-16-7-8-20(19(22)13-16)28-18-5-3-10-23-15-18;/h3-8,10,12-13,15H,2,9,11,14H2,1H3,(H2,24,25,26);1H. The summed E-state index contributed by atoms with van der Waals surface area (Å²) in [6.45, 7) is 3.76. The highest BCUT2D eigenvalue weighted by Crippen LogP contribution is 2.24. The number of hydrogen-bond acceptors (Lipinski definition) is 4. The minimum absolute atomic E-state index is 0. The summed E-state index contributed by atoms with van der Waals surface area (Å²) >= 11 is 0. The van der Waals surface area contributed by atoms with E-state index in [1.807, 2.05) is 19.1 Å². The van der Waals surface area contributed by atoms with Crippen molar-refractivity contribution in [3.8, 4) is 11.5 Å². The second kappa shape index (κ2) is 12.1. The smallest absolute Gasteiger partial charge is 0.191 e. The Labute approximate surface area is 186 Å². The zero-order chi connectivity index (χ0) is 19.6. The Balaban J connectivity index is 0.00000300. The predicted molar refractivity (Wildman–Crippen MR) is 121 cm³/mol. The number of aliphatic imine (C=N–C) groups is 1. The number of guanidine groups is 1. The molecule has 2 aromatic heterocycles. The number of furan rings is 1. The van der Waals surface area contributed by atoms with Crippen LogP contribution in [0.2, 0.25) is 0 Å². The fourth-order valence-electron chi connectivity index (χ4n) is 2.53. The van der Waals surface area contributed by atoms with Crippen LogP contribution in [0.15, 0.2) is 70.5 Å². The molecule has 8 heteroatoms. The monoisotopic (exact) mass is 510 g/mol. The summed E-state index contributed by atoms with van der Waals surface area (Å²) in [5.74, 6) is 1.79. The number of aromatic nitrogens is 1. The average molecular weight is 510 g/mol. The number of nitrogens with one attached hydrogen (secondary N) is 2. The lowest BCUT2D eigenvalue weighted by atomic mass is 10.2. The van der Waals surface area contributed by atoms with Gasteiger partial charge in [-0.05, 0) is 48.9 Å². The molecule has 6 nitrogen and oxygen atoms in total. The van der Waals surface area contributed by atoms with Gasteiger partial charge in [0, 0.05) is 25.7 Å². The molecule has 29 heavy (non-hydrogen) atoms. The van der Waals surface area contributed by atoms with Crippen LogP contribution in [0.1, 0.15) is 18.2 Å². The van der Waals surface area contributed by atoms with Gasteiger partial charge in [-0.2, -0.15) is 0 Å². The minimum atomic E-state index is -0.438. The summed E-state index contributed by atoms with van der Waals surface area (Å²) < 4.78 is 25.2. The van der Waals surface area contributed by atoms with Crippen LogP contribution in [-0.4, -0.2) is 24.0 Å². The van der Waals surface area contributed by atoms with Crippen LogP contribution in [0, 0.1) is 5.82 Å². The van der Waals surface area contributed by atoms with Crippen molar-refractivity contribution in [1.29, 1.82) is 0 Å². The molecule has 0 unspecified atom stereocenters. The van der Waals surface area contributed by atoms with Gasteiger partial charge in [-0.15, -0.1) is 24.0 Å². The van der Waals surface area contributed by atoms with Gasteiger partial charge in [0.1, 0.15) is 11.5 Å². The number of benzene rings is 1. The average Bonchev–Trinajstić information content (AvgIpc) is 3.22. The van der Waals surface area contributed by atoms with E-state index in [9.17, 15) is 4.39 Å². The number of nitrogens with zero attached hydrogens (tertiary/aromatic N) is 2. The first-order chi connectivity index (χ1) is 13.7. The van der Waals surface area contributed by atoms with E-state index in [1.165, 1.54) is 12.3 Å². The van der Waals surface area contributed by atoms with E-state index in [-0.39, 0.29) is 29.7 Å². The normalized spacial score (nSPS) is 10.9. The Morgan fingerprint density at radius 2 is 2.10 bits per heavy atom. The van der Waals surface area contributed by atoms with E-state index in [0.717, 1.165) is 24.3 Å². The highest BCUT2D eigenvalue weighted by molar-refractivity contribution is 14.0. The molecule has 0 aliphatic carbocycles. The number of ether oxygens (including phenoxy) is 1. The molecule has 0 aliphatic heterocycles. The van der Waals surface area contributed by atoms with Gasteiger partial charge < -0.3 is 19.8 Å². The third-order valence-electron chi connectivity index (χ3n) is 3.87. The number of pyridine rings is 1. The Kier molecular flexibility index (Phi) is 9.42. The molecule has 0 radical (unpaired) electrons. The fraction of sp³-hybridized carbons (Fsp3) is 0.238. The van der Waals surface area contributed by atoms with Gasteiger partial charge in [-0.1, -0.05) is 6.07 Å². The van der Waals surface area contributed by atoms with Gasteiger partial charge in [0.15, 0.2) is 17.5 Å². The van der Waals surface area contributed by atoms with E-state index >= 15 is 0 Å². The van der Waals surface area contributed by atoms with Crippen molar-refractivity contribution in [1.82, 2.24) is 15.6 Å². The lowest BCUT2D eigenvalue weighted by Crippen LogP contribution is -2.38. The maximum Gasteiger partial charge on any atom is 0.191 e. The minimum Gasteiger partial charge on any atom is -0.469 e. The van der Waals surface area contributed by atoms with Gasteiger partial charge in [0.05, 0.1) is 19.0 Å². The molecule has 0 saturated heterocycles. The predicted octanol–water partition coefficient (Wildman–Crippen LogP) is 4.52. The van der Waals surface area contributed by atoms with Gasteiger partial charge >= 0.3 is 0 Å². The molecule has 0 amide bonds. The summed E-state index contributed by atoms with van der Waals surface area (Å²) in [6.07, 6.45) is 5.58. The molecule has 3 aromatic rings. The van der Waals surface area contributed by atoms with E-state index in [4.69, 9.17) is 9.15 Å². The van der Waals surface area contributed by atoms with E-state index in [1.54, 1.807) is 36.7 Å². The van der Waals surface area contributed by atoms with Crippen molar-refractivity contribution in [3.05, 3.63) is 78.3 Å². The number of hydrogen-bond donors (Lipinski definition) is 2. The summed E-state index contributed by atoms with van der Waals surface area (Å²) in [5.41, 5.74) is 0.749. The molecule has 0 aliphatic rings. The Morgan fingerprint density at radius 3 is 2.79 bits per heavy atom. The lowest BCUT2D eigenvalue weighted by Gasteiger charge is -2.11.